The lowest BCUT2D eigenvalue weighted by atomic mass is 10.2. The van der Waals surface area contributed by atoms with Crippen molar-refractivity contribution in [1.82, 2.24) is 9.97 Å². The molecule has 0 radical (unpaired) electrons. The Morgan fingerprint density at radius 1 is 1.08 bits per heavy atom. The second kappa shape index (κ2) is 7.77. The number of nitrogens with one attached hydrogen (secondary N) is 1. The predicted molar refractivity (Wildman–Crippen MR) is 101 cm³/mol. The molecule has 3 aromatic rings. The van der Waals surface area contributed by atoms with Crippen LogP contribution in [0.3, 0.4) is 0 Å². The fraction of sp³-hybridized carbons (Fsp3) is 0.105. The SMILES string of the molecule is CCN(c1ccccc1)c1ncc(C(=O)Nc2cccc(Cl)c2)cn1. The maximum Gasteiger partial charge on any atom is 0.258 e. The van der Waals surface area contributed by atoms with E-state index in [9.17, 15) is 4.79 Å². The number of anilines is 3. The van der Waals surface area contributed by atoms with Crippen LogP contribution in [0.25, 0.3) is 0 Å². The molecule has 0 aliphatic carbocycles. The molecule has 0 aliphatic heterocycles. The molecule has 0 saturated carbocycles. The summed E-state index contributed by atoms with van der Waals surface area (Å²) in [4.78, 5) is 22.9. The molecule has 1 N–H and O–H groups in total. The summed E-state index contributed by atoms with van der Waals surface area (Å²) in [5.74, 6) is 0.268. The first-order chi connectivity index (χ1) is 12.2. The Hall–Kier alpha value is -2.92. The number of hydrogen-bond acceptors (Lipinski definition) is 4. The molecular formula is C19H17ClN4O. The standard InChI is InChI=1S/C19H17ClN4O/c1-2-24(17-9-4-3-5-10-17)19-21-12-14(13-22-19)18(25)23-16-8-6-7-15(20)11-16/h3-13H,2H2,1H3,(H,23,25). The molecule has 0 spiro atoms. The van der Waals surface area contributed by atoms with E-state index in [1.54, 1.807) is 24.3 Å². The van der Waals surface area contributed by atoms with Gasteiger partial charge in [0.05, 0.1) is 5.56 Å². The Bertz CT molecular complexity index is 853. The lowest BCUT2D eigenvalue weighted by Crippen LogP contribution is -2.20. The first-order valence-corrected chi connectivity index (χ1v) is 8.26. The zero-order chi connectivity index (χ0) is 17.6. The molecule has 0 bridgehead atoms. The van der Waals surface area contributed by atoms with Crippen LogP contribution in [0, 0.1) is 0 Å². The van der Waals surface area contributed by atoms with Crippen LogP contribution in [0.4, 0.5) is 17.3 Å². The fourth-order valence-electron chi connectivity index (χ4n) is 2.39. The summed E-state index contributed by atoms with van der Waals surface area (Å²) in [6, 6.07) is 16.8. The van der Waals surface area contributed by atoms with Crippen molar-refractivity contribution in [3.63, 3.8) is 0 Å². The molecular weight excluding hydrogens is 336 g/mol. The maximum atomic E-state index is 12.3. The zero-order valence-electron chi connectivity index (χ0n) is 13.7. The lowest BCUT2D eigenvalue weighted by Gasteiger charge is -2.20. The number of benzene rings is 2. The van der Waals surface area contributed by atoms with Gasteiger partial charge in [-0.3, -0.25) is 4.79 Å². The highest BCUT2D eigenvalue weighted by atomic mass is 35.5. The van der Waals surface area contributed by atoms with E-state index in [4.69, 9.17) is 11.6 Å². The summed E-state index contributed by atoms with van der Waals surface area (Å²) in [6.07, 6.45) is 3.04. The third-order valence-electron chi connectivity index (χ3n) is 3.61. The number of carbonyl (C=O) groups excluding carboxylic acids is 1. The van der Waals surface area contributed by atoms with Gasteiger partial charge in [-0.1, -0.05) is 35.9 Å². The van der Waals surface area contributed by atoms with Gasteiger partial charge in [0.1, 0.15) is 0 Å². The summed E-state index contributed by atoms with van der Waals surface area (Å²) in [5, 5.41) is 3.34. The Balaban J connectivity index is 1.76. The predicted octanol–water partition coefficient (Wildman–Crippen LogP) is 4.54. The average molecular weight is 353 g/mol. The molecule has 1 heterocycles. The highest BCUT2D eigenvalue weighted by molar-refractivity contribution is 6.30. The quantitative estimate of drug-likeness (QED) is 0.732. The number of aromatic nitrogens is 2. The molecule has 2 aromatic carbocycles. The molecule has 0 atom stereocenters. The molecule has 0 saturated heterocycles. The van der Waals surface area contributed by atoms with Crippen molar-refractivity contribution in [2.45, 2.75) is 6.92 Å². The Kier molecular flexibility index (Phi) is 5.26. The van der Waals surface area contributed by atoms with E-state index >= 15 is 0 Å². The number of rotatable bonds is 5. The van der Waals surface area contributed by atoms with E-state index < -0.39 is 0 Å². The van der Waals surface area contributed by atoms with Crippen LogP contribution in [-0.4, -0.2) is 22.4 Å². The number of amides is 1. The zero-order valence-corrected chi connectivity index (χ0v) is 14.4. The summed E-state index contributed by atoms with van der Waals surface area (Å²) in [7, 11) is 0. The number of halogens is 1. The van der Waals surface area contributed by atoms with E-state index in [1.807, 2.05) is 42.2 Å². The van der Waals surface area contributed by atoms with Gasteiger partial charge in [0.25, 0.3) is 5.91 Å². The summed E-state index contributed by atoms with van der Waals surface area (Å²) >= 11 is 5.92. The molecule has 1 aromatic heterocycles. The number of para-hydroxylation sites is 1. The Labute approximate surface area is 151 Å². The van der Waals surface area contributed by atoms with Crippen molar-refractivity contribution >= 4 is 34.8 Å². The molecule has 0 fully saturated rings. The first kappa shape index (κ1) is 16.9. The van der Waals surface area contributed by atoms with E-state index in [1.165, 1.54) is 12.4 Å². The molecule has 126 valence electrons. The van der Waals surface area contributed by atoms with E-state index in [0.29, 0.717) is 22.2 Å². The van der Waals surface area contributed by atoms with Crippen molar-refractivity contribution in [1.29, 1.82) is 0 Å². The minimum absolute atomic E-state index is 0.281. The summed E-state index contributed by atoms with van der Waals surface area (Å²) in [6.45, 7) is 2.74. The third-order valence-corrected chi connectivity index (χ3v) is 3.84. The molecule has 25 heavy (non-hydrogen) atoms. The maximum absolute atomic E-state index is 12.3. The van der Waals surface area contributed by atoms with Crippen LogP contribution in [0.15, 0.2) is 67.0 Å². The molecule has 5 nitrogen and oxygen atoms in total. The monoisotopic (exact) mass is 352 g/mol. The smallest absolute Gasteiger partial charge is 0.258 e. The third kappa shape index (κ3) is 4.14. The van der Waals surface area contributed by atoms with Crippen molar-refractivity contribution in [3.8, 4) is 0 Å². The molecule has 6 heteroatoms. The lowest BCUT2D eigenvalue weighted by molar-refractivity contribution is 0.102. The van der Waals surface area contributed by atoms with Crippen LogP contribution in [0.2, 0.25) is 5.02 Å². The number of nitrogens with zero attached hydrogens (tertiary/aromatic N) is 3. The van der Waals surface area contributed by atoms with Crippen molar-refractivity contribution in [3.05, 3.63) is 77.6 Å². The number of hydrogen-bond donors (Lipinski definition) is 1. The fourth-order valence-corrected chi connectivity index (χ4v) is 2.59. The topological polar surface area (TPSA) is 58.1 Å². The van der Waals surface area contributed by atoms with Crippen molar-refractivity contribution < 1.29 is 4.79 Å². The van der Waals surface area contributed by atoms with Gasteiger partial charge in [0, 0.05) is 35.3 Å². The van der Waals surface area contributed by atoms with Gasteiger partial charge < -0.3 is 10.2 Å². The van der Waals surface area contributed by atoms with Gasteiger partial charge >= 0.3 is 0 Å². The van der Waals surface area contributed by atoms with Gasteiger partial charge in [-0.2, -0.15) is 0 Å². The Morgan fingerprint density at radius 2 is 1.80 bits per heavy atom. The second-order valence-electron chi connectivity index (χ2n) is 5.32. The van der Waals surface area contributed by atoms with Crippen LogP contribution in [0.1, 0.15) is 17.3 Å². The minimum atomic E-state index is -0.281. The Morgan fingerprint density at radius 3 is 2.44 bits per heavy atom. The van der Waals surface area contributed by atoms with Gasteiger partial charge in [0.2, 0.25) is 5.95 Å². The van der Waals surface area contributed by atoms with Gasteiger partial charge in [-0.15, -0.1) is 0 Å². The average Bonchev–Trinajstić information content (AvgIpc) is 2.64. The van der Waals surface area contributed by atoms with Gasteiger partial charge in [-0.25, -0.2) is 9.97 Å². The van der Waals surface area contributed by atoms with Crippen LogP contribution in [-0.2, 0) is 0 Å². The van der Waals surface area contributed by atoms with Crippen LogP contribution in [0.5, 0.6) is 0 Å². The van der Waals surface area contributed by atoms with Gasteiger partial charge in [-0.05, 0) is 37.3 Å². The largest absolute Gasteiger partial charge is 0.322 e. The highest BCUT2D eigenvalue weighted by Gasteiger charge is 2.12. The minimum Gasteiger partial charge on any atom is -0.322 e. The second-order valence-corrected chi connectivity index (χ2v) is 5.75. The molecule has 1 amide bonds. The summed E-state index contributed by atoms with van der Waals surface area (Å²) < 4.78 is 0. The number of carbonyl (C=O) groups is 1. The summed E-state index contributed by atoms with van der Waals surface area (Å²) in [5.41, 5.74) is 2.01. The van der Waals surface area contributed by atoms with E-state index in [0.717, 1.165) is 12.2 Å². The molecule has 0 aliphatic rings. The van der Waals surface area contributed by atoms with Crippen molar-refractivity contribution in [2.75, 3.05) is 16.8 Å². The normalized spacial score (nSPS) is 10.3. The first-order valence-electron chi connectivity index (χ1n) is 7.89. The van der Waals surface area contributed by atoms with E-state index in [-0.39, 0.29) is 5.91 Å². The molecule has 0 unspecified atom stereocenters. The van der Waals surface area contributed by atoms with Crippen molar-refractivity contribution in [2.24, 2.45) is 0 Å². The van der Waals surface area contributed by atoms with Gasteiger partial charge in [0.15, 0.2) is 0 Å². The van der Waals surface area contributed by atoms with Crippen LogP contribution < -0.4 is 10.2 Å². The molecule has 3 rings (SSSR count). The van der Waals surface area contributed by atoms with E-state index in [2.05, 4.69) is 15.3 Å². The van der Waals surface area contributed by atoms with Crippen LogP contribution >= 0.6 is 11.6 Å². The highest BCUT2D eigenvalue weighted by Crippen LogP contribution is 2.21.